The van der Waals surface area contributed by atoms with Gasteiger partial charge < -0.3 is 8.98 Å². The largest absolute Gasteiger partial charge is 0.454 e. The van der Waals surface area contributed by atoms with Gasteiger partial charge >= 0.3 is 0 Å². The van der Waals surface area contributed by atoms with Crippen LogP contribution in [0.5, 0.6) is 0 Å². The van der Waals surface area contributed by atoms with Crippen molar-refractivity contribution in [2.24, 2.45) is 0 Å². The van der Waals surface area contributed by atoms with Gasteiger partial charge in [-0.3, -0.25) is 0 Å². The van der Waals surface area contributed by atoms with Gasteiger partial charge in [-0.15, -0.1) is 0 Å². The molecule has 0 saturated carbocycles. The average molecular weight is 341 g/mol. The van der Waals surface area contributed by atoms with E-state index < -0.39 is 0 Å². The molecule has 0 N–H and O–H groups in total. The smallest absolute Gasteiger partial charge is 0.153 e. The molecule has 0 unspecified atom stereocenters. The summed E-state index contributed by atoms with van der Waals surface area (Å²) in [4.78, 5) is 9.60. The molecule has 0 radical (unpaired) electrons. The Morgan fingerprint density at radius 1 is 0.923 bits per heavy atom. The van der Waals surface area contributed by atoms with E-state index in [1.807, 2.05) is 25.1 Å². The molecular formula is C22H19N3O. The zero-order chi connectivity index (χ0) is 17.8. The van der Waals surface area contributed by atoms with Gasteiger partial charge in [0.15, 0.2) is 5.58 Å². The van der Waals surface area contributed by atoms with Crippen LogP contribution in [-0.2, 0) is 0 Å². The lowest BCUT2D eigenvalue weighted by atomic mass is 10.1. The van der Waals surface area contributed by atoms with Crippen LogP contribution in [0, 0.1) is 6.92 Å². The summed E-state index contributed by atoms with van der Waals surface area (Å²) in [6, 6.07) is 18.7. The van der Waals surface area contributed by atoms with Crippen molar-refractivity contribution in [3.05, 3.63) is 60.3 Å². The van der Waals surface area contributed by atoms with Crippen molar-refractivity contribution in [3.8, 4) is 11.4 Å². The summed E-state index contributed by atoms with van der Waals surface area (Å²) in [5.74, 6) is 0.933. The van der Waals surface area contributed by atoms with Gasteiger partial charge in [-0.2, -0.15) is 0 Å². The highest BCUT2D eigenvalue weighted by atomic mass is 16.3. The molecule has 0 aliphatic heterocycles. The normalized spacial score (nSPS) is 12.0. The highest BCUT2D eigenvalue weighted by Gasteiger charge is 2.19. The second-order valence-corrected chi connectivity index (χ2v) is 6.97. The van der Waals surface area contributed by atoms with Crippen LogP contribution in [0.4, 0.5) is 0 Å². The first-order chi connectivity index (χ1) is 12.6. The van der Waals surface area contributed by atoms with E-state index in [1.54, 1.807) is 0 Å². The number of nitrogens with zero attached hydrogens (tertiary/aromatic N) is 3. The highest BCUT2D eigenvalue weighted by Crippen LogP contribution is 2.36. The number of para-hydroxylation sites is 3. The van der Waals surface area contributed by atoms with Gasteiger partial charge in [0.2, 0.25) is 0 Å². The van der Waals surface area contributed by atoms with Crippen LogP contribution in [-0.4, -0.2) is 14.5 Å². The number of hydrogen-bond acceptors (Lipinski definition) is 3. The maximum atomic E-state index is 6.21. The van der Waals surface area contributed by atoms with E-state index in [4.69, 9.17) is 9.40 Å². The molecule has 0 fully saturated rings. The molecular weight excluding hydrogens is 322 g/mol. The molecule has 0 bridgehead atoms. The number of aromatic nitrogens is 3. The van der Waals surface area contributed by atoms with Crippen molar-refractivity contribution in [1.82, 2.24) is 14.5 Å². The highest BCUT2D eigenvalue weighted by molar-refractivity contribution is 6.07. The third-order valence-corrected chi connectivity index (χ3v) is 4.83. The van der Waals surface area contributed by atoms with Crippen molar-refractivity contribution in [2.75, 3.05) is 0 Å². The number of benzene rings is 2. The second-order valence-electron chi connectivity index (χ2n) is 6.97. The summed E-state index contributed by atoms with van der Waals surface area (Å²) in [5, 5.41) is 1.03. The third kappa shape index (κ3) is 2.08. The van der Waals surface area contributed by atoms with E-state index >= 15 is 0 Å². The van der Waals surface area contributed by atoms with Gasteiger partial charge in [0.25, 0.3) is 0 Å². The predicted octanol–water partition coefficient (Wildman–Crippen LogP) is 5.89. The van der Waals surface area contributed by atoms with Crippen molar-refractivity contribution >= 4 is 33.1 Å². The molecule has 0 amide bonds. The monoisotopic (exact) mass is 341 g/mol. The Bertz CT molecular complexity index is 1280. The minimum absolute atomic E-state index is 0.289. The Morgan fingerprint density at radius 2 is 1.77 bits per heavy atom. The summed E-state index contributed by atoms with van der Waals surface area (Å²) in [5.41, 5.74) is 6.69. The SMILES string of the molecule is Cc1ccc2oc3c(-c4nc5ccccc5n4C(C)C)cccc3c2n1. The number of rotatable bonds is 2. The fourth-order valence-corrected chi connectivity index (χ4v) is 3.70. The molecule has 128 valence electrons. The van der Waals surface area contributed by atoms with E-state index in [0.29, 0.717) is 0 Å². The predicted molar refractivity (Wildman–Crippen MR) is 105 cm³/mol. The summed E-state index contributed by atoms with van der Waals surface area (Å²) in [6.07, 6.45) is 0. The van der Waals surface area contributed by atoms with E-state index in [1.165, 1.54) is 0 Å². The van der Waals surface area contributed by atoms with Crippen LogP contribution in [0.15, 0.2) is 59.0 Å². The lowest BCUT2D eigenvalue weighted by Crippen LogP contribution is -2.03. The lowest BCUT2D eigenvalue weighted by Gasteiger charge is -2.13. The average Bonchev–Trinajstić information content (AvgIpc) is 3.19. The molecule has 26 heavy (non-hydrogen) atoms. The van der Waals surface area contributed by atoms with E-state index in [0.717, 1.165) is 50.2 Å². The maximum absolute atomic E-state index is 6.21. The molecule has 2 aromatic carbocycles. The zero-order valence-electron chi connectivity index (χ0n) is 15.0. The van der Waals surface area contributed by atoms with Crippen LogP contribution in [0.3, 0.4) is 0 Å². The standard InChI is InChI=1S/C22H19N3O/c1-13(2)25-18-10-5-4-9-17(18)24-22(25)16-8-6-7-15-20-19(26-21(15)16)12-11-14(3)23-20/h4-13H,1-3H3. The Kier molecular flexibility index (Phi) is 3.16. The molecule has 5 aromatic rings. The van der Waals surface area contributed by atoms with Crippen LogP contribution in [0.1, 0.15) is 25.6 Å². The van der Waals surface area contributed by atoms with Crippen LogP contribution < -0.4 is 0 Å². The van der Waals surface area contributed by atoms with Crippen LogP contribution in [0.25, 0.3) is 44.5 Å². The Balaban J connectivity index is 1.89. The number of pyridine rings is 1. The summed E-state index contributed by atoms with van der Waals surface area (Å²) in [7, 11) is 0. The summed E-state index contributed by atoms with van der Waals surface area (Å²) in [6.45, 7) is 6.36. The summed E-state index contributed by atoms with van der Waals surface area (Å²) < 4.78 is 8.48. The van der Waals surface area contributed by atoms with E-state index in [-0.39, 0.29) is 6.04 Å². The van der Waals surface area contributed by atoms with Gasteiger partial charge in [-0.05, 0) is 57.2 Å². The third-order valence-electron chi connectivity index (χ3n) is 4.83. The van der Waals surface area contributed by atoms with Gasteiger partial charge in [0.1, 0.15) is 16.9 Å². The molecule has 0 atom stereocenters. The van der Waals surface area contributed by atoms with Crippen LogP contribution >= 0.6 is 0 Å². The van der Waals surface area contributed by atoms with Gasteiger partial charge in [-0.25, -0.2) is 9.97 Å². The van der Waals surface area contributed by atoms with E-state index in [9.17, 15) is 0 Å². The van der Waals surface area contributed by atoms with Gasteiger partial charge in [0, 0.05) is 17.1 Å². The zero-order valence-corrected chi connectivity index (χ0v) is 15.0. The Labute approximate surface area is 151 Å². The van der Waals surface area contributed by atoms with Crippen molar-refractivity contribution in [2.45, 2.75) is 26.8 Å². The second kappa shape index (κ2) is 5.43. The molecule has 0 spiro atoms. The minimum atomic E-state index is 0.289. The maximum Gasteiger partial charge on any atom is 0.153 e. The topological polar surface area (TPSA) is 43.9 Å². The molecule has 0 saturated heterocycles. The first-order valence-electron chi connectivity index (χ1n) is 8.89. The number of furan rings is 1. The number of fused-ring (bicyclic) bond motifs is 4. The Hall–Kier alpha value is -3.14. The van der Waals surface area contributed by atoms with Crippen molar-refractivity contribution in [3.63, 3.8) is 0 Å². The molecule has 4 nitrogen and oxygen atoms in total. The Morgan fingerprint density at radius 3 is 2.62 bits per heavy atom. The van der Waals surface area contributed by atoms with E-state index in [2.05, 4.69) is 59.8 Å². The molecule has 0 aliphatic carbocycles. The fourth-order valence-electron chi connectivity index (χ4n) is 3.70. The first kappa shape index (κ1) is 15.1. The minimum Gasteiger partial charge on any atom is -0.454 e. The molecule has 3 aromatic heterocycles. The molecule has 0 aliphatic rings. The lowest BCUT2D eigenvalue weighted by molar-refractivity contribution is 0.622. The fraction of sp³-hybridized carbons (Fsp3) is 0.182. The van der Waals surface area contributed by atoms with Crippen molar-refractivity contribution in [1.29, 1.82) is 0 Å². The quantitative estimate of drug-likeness (QED) is 0.402. The van der Waals surface area contributed by atoms with Crippen molar-refractivity contribution < 1.29 is 4.42 Å². The van der Waals surface area contributed by atoms with Crippen LogP contribution in [0.2, 0.25) is 0 Å². The molecule has 5 rings (SSSR count). The molecule has 4 heteroatoms. The van der Waals surface area contributed by atoms with Gasteiger partial charge in [0.05, 0.1) is 16.6 Å². The number of aryl methyl sites for hydroxylation is 1. The van der Waals surface area contributed by atoms with Gasteiger partial charge in [-0.1, -0.05) is 18.2 Å². The summed E-state index contributed by atoms with van der Waals surface area (Å²) >= 11 is 0. The number of hydrogen-bond donors (Lipinski definition) is 0. The first-order valence-corrected chi connectivity index (χ1v) is 8.89. The number of imidazole rings is 1. The molecule has 3 heterocycles.